The summed E-state index contributed by atoms with van der Waals surface area (Å²) >= 11 is 0. The van der Waals surface area contributed by atoms with Crippen molar-refractivity contribution in [2.24, 2.45) is 22.7 Å². The molecule has 1 fully saturated rings. The Hall–Kier alpha value is 0. The van der Waals surface area contributed by atoms with Crippen LogP contribution < -0.4 is 0 Å². The fraction of sp³-hybridized carbons (Fsp3) is 1.00. The van der Waals surface area contributed by atoms with Gasteiger partial charge < -0.3 is 0 Å². The zero-order chi connectivity index (χ0) is 9.57. The minimum atomic E-state index is 0.562. The lowest BCUT2D eigenvalue weighted by molar-refractivity contribution is 0.0883. The lowest BCUT2D eigenvalue weighted by Crippen LogP contribution is -2.33. The van der Waals surface area contributed by atoms with Gasteiger partial charge in [-0.1, -0.05) is 41.5 Å². The van der Waals surface area contributed by atoms with E-state index in [-0.39, 0.29) is 0 Å². The van der Waals surface area contributed by atoms with E-state index in [2.05, 4.69) is 41.5 Å². The Balaban J connectivity index is 2.81. The Kier molecular flexibility index (Phi) is 2.31. The summed E-state index contributed by atoms with van der Waals surface area (Å²) in [4.78, 5) is 0. The van der Waals surface area contributed by atoms with Crippen LogP contribution in [0.25, 0.3) is 0 Å². The summed E-state index contributed by atoms with van der Waals surface area (Å²) in [5.41, 5.74) is 1.20. The van der Waals surface area contributed by atoms with Crippen LogP contribution in [0, 0.1) is 22.7 Å². The van der Waals surface area contributed by atoms with E-state index < -0.39 is 0 Å². The second kappa shape index (κ2) is 2.75. The fourth-order valence-corrected chi connectivity index (χ4v) is 2.84. The monoisotopic (exact) mass is 168 g/mol. The first kappa shape index (κ1) is 10.1. The van der Waals surface area contributed by atoms with Crippen molar-refractivity contribution in [3.8, 4) is 0 Å². The third kappa shape index (κ3) is 1.11. The van der Waals surface area contributed by atoms with Crippen LogP contribution in [0.15, 0.2) is 0 Å². The minimum absolute atomic E-state index is 0.562. The Bertz CT molecular complexity index is 171. The predicted octanol–water partition coefficient (Wildman–Crippen LogP) is 4.10. The molecule has 0 spiro atoms. The van der Waals surface area contributed by atoms with Crippen LogP contribution >= 0.6 is 0 Å². The summed E-state index contributed by atoms with van der Waals surface area (Å²) in [5.74, 6) is 1.77. The molecule has 1 rings (SSSR count). The number of hydrogen-bond donors (Lipinski definition) is 0. The van der Waals surface area contributed by atoms with Crippen LogP contribution in [0.5, 0.6) is 0 Å². The summed E-state index contributed by atoms with van der Waals surface area (Å²) in [6, 6.07) is 0. The zero-order valence-electron chi connectivity index (χ0n) is 9.57. The molecule has 0 saturated heterocycles. The van der Waals surface area contributed by atoms with Gasteiger partial charge in [0.1, 0.15) is 0 Å². The van der Waals surface area contributed by atoms with E-state index >= 15 is 0 Å². The smallest absolute Gasteiger partial charge is 0.0241 e. The van der Waals surface area contributed by atoms with Gasteiger partial charge in [0.15, 0.2) is 0 Å². The molecule has 0 nitrogen and oxygen atoms in total. The molecular weight excluding hydrogens is 144 g/mol. The van der Waals surface area contributed by atoms with Crippen molar-refractivity contribution in [1.82, 2.24) is 0 Å². The summed E-state index contributed by atoms with van der Waals surface area (Å²) in [7, 11) is 0. The highest BCUT2D eigenvalue weighted by atomic mass is 14.6. The molecular formula is C12H24. The molecule has 0 N–H and O–H groups in total. The van der Waals surface area contributed by atoms with Crippen molar-refractivity contribution in [1.29, 1.82) is 0 Å². The van der Waals surface area contributed by atoms with Gasteiger partial charge in [-0.05, 0) is 35.5 Å². The van der Waals surface area contributed by atoms with Crippen molar-refractivity contribution < 1.29 is 0 Å². The Morgan fingerprint density at radius 3 is 2.00 bits per heavy atom. The van der Waals surface area contributed by atoms with Crippen LogP contribution in [0.4, 0.5) is 0 Å². The molecule has 3 atom stereocenters. The standard InChI is InChI=1S/C12H24/c1-7-11(5,9(2)3)12(6)8-10(12)4/h9-10H,7-8H2,1-6H3. The average molecular weight is 168 g/mol. The highest BCUT2D eigenvalue weighted by Gasteiger charge is 2.58. The molecule has 12 heavy (non-hydrogen) atoms. The molecule has 1 aliphatic rings. The van der Waals surface area contributed by atoms with Gasteiger partial charge in [-0.25, -0.2) is 0 Å². The van der Waals surface area contributed by atoms with Gasteiger partial charge in [-0.2, -0.15) is 0 Å². The highest BCUT2D eigenvalue weighted by Crippen LogP contribution is 2.66. The van der Waals surface area contributed by atoms with Crippen LogP contribution in [0.3, 0.4) is 0 Å². The highest BCUT2D eigenvalue weighted by molar-refractivity contribution is 5.07. The number of hydrogen-bond acceptors (Lipinski definition) is 0. The molecule has 0 aromatic carbocycles. The molecule has 0 heteroatoms. The number of rotatable bonds is 3. The molecule has 0 heterocycles. The van der Waals surface area contributed by atoms with E-state index in [0.29, 0.717) is 10.8 Å². The van der Waals surface area contributed by atoms with Gasteiger partial charge in [-0.3, -0.25) is 0 Å². The van der Waals surface area contributed by atoms with Crippen LogP contribution in [-0.2, 0) is 0 Å². The predicted molar refractivity (Wildman–Crippen MR) is 55.1 cm³/mol. The topological polar surface area (TPSA) is 0 Å². The zero-order valence-corrected chi connectivity index (χ0v) is 9.57. The molecule has 3 unspecified atom stereocenters. The molecule has 0 aromatic rings. The van der Waals surface area contributed by atoms with E-state index in [0.717, 1.165) is 11.8 Å². The SMILES string of the molecule is CCC(C)(C(C)C)C1(C)CC1C. The van der Waals surface area contributed by atoms with Gasteiger partial charge in [0.05, 0.1) is 0 Å². The van der Waals surface area contributed by atoms with Crippen molar-refractivity contribution >= 4 is 0 Å². The Morgan fingerprint density at radius 1 is 1.50 bits per heavy atom. The fourth-order valence-electron chi connectivity index (χ4n) is 2.84. The second-order valence-electron chi connectivity index (χ2n) is 5.45. The lowest BCUT2D eigenvalue weighted by Gasteiger charge is -2.40. The van der Waals surface area contributed by atoms with Crippen molar-refractivity contribution in [3.63, 3.8) is 0 Å². The molecule has 0 radical (unpaired) electrons. The van der Waals surface area contributed by atoms with Crippen LogP contribution in [-0.4, -0.2) is 0 Å². The van der Waals surface area contributed by atoms with Gasteiger partial charge in [0.25, 0.3) is 0 Å². The van der Waals surface area contributed by atoms with Crippen LogP contribution in [0.2, 0.25) is 0 Å². The molecule has 0 aliphatic heterocycles. The third-order valence-electron chi connectivity index (χ3n) is 4.97. The molecule has 0 bridgehead atoms. The maximum absolute atomic E-state index is 2.47. The van der Waals surface area contributed by atoms with Gasteiger partial charge in [0, 0.05) is 0 Å². The minimum Gasteiger partial charge on any atom is -0.0648 e. The Morgan fingerprint density at radius 2 is 1.92 bits per heavy atom. The van der Waals surface area contributed by atoms with E-state index in [1.54, 1.807) is 0 Å². The molecule has 0 aromatic heterocycles. The lowest BCUT2D eigenvalue weighted by atomic mass is 9.65. The average Bonchev–Trinajstić information content (AvgIpc) is 2.59. The maximum Gasteiger partial charge on any atom is -0.0241 e. The van der Waals surface area contributed by atoms with Gasteiger partial charge in [0.2, 0.25) is 0 Å². The van der Waals surface area contributed by atoms with Crippen molar-refractivity contribution in [3.05, 3.63) is 0 Å². The molecule has 72 valence electrons. The first-order valence-corrected chi connectivity index (χ1v) is 5.38. The van der Waals surface area contributed by atoms with Crippen molar-refractivity contribution in [2.75, 3.05) is 0 Å². The van der Waals surface area contributed by atoms with Gasteiger partial charge >= 0.3 is 0 Å². The first-order chi connectivity index (χ1) is 5.38. The Labute approximate surface area is 77.7 Å². The third-order valence-corrected chi connectivity index (χ3v) is 4.97. The molecule has 1 saturated carbocycles. The normalized spacial score (nSPS) is 39.8. The maximum atomic E-state index is 2.47. The second-order valence-corrected chi connectivity index (χ2v) is 5.45. The van der Waals surface area contributed by atoms with E-state index in [1.165, 1.54) is 12.8 Å². The summed E-state index contributed by atoms with van der Waals surface area (Å²) in [6.07, 6.45) is 2.76. The quantitative estimate of drug-likeness (QED) is 0.595. The van der Waals surface area contributed by atoms with E-state index in [1.807, 2.05) is 0 Å². The van der Waals surface area contributed by atoms with Crippen molar-refractivity contribution in [2.45, 2.75) is 54.4 Å². The van der Waals surface area contributed by atoms with Crippen LogP contribution in [0.1, 0.15) is 54.4 Å². The summed E-state index contributed by atoms with van der Waals surface area (Å²) in [5, 5.41) is 0. The summed E-state index contributed by atoms with van der Waals surface area (Å²) in [6.45, 7) is 14.4. The van der Waals surface area contributed by atoms with E-state index in [9.17, 15) is 0 Å². The largest absolute Gasteiger partial charge is 0.0648 e. The van der Waals surface area contributed by atoms with E-state index in [4.69, 9.17) is 0 Å². The summed E-state index contributed by atoms with van der Waals surface area (Å²) < 4.78 is 0. The molecule has 0 amide bonds. The first-order valence-electron chi connectivity index (χ1n) is 5.38. The van der Waals surface area contributed by atoms with Gasteiger partial charge in [-0.15, -0.1) is 0 Å². The molecule has 1 aliphatic carbocycles.